The van der Waals surface area contributed by atoms with Crippen LogP contribution in [0.3, 0.4) is 0 Å². The van der Waals surface area contributed by atoms with Gasteiger partial charge < -0.3 is 24.4 Å². The average molecular weight is 447 g/mol. The van der Waals surface area contributed by atoms with Crippen molar-refractivity contribution in [1.29, 1.82) is 0 Å². The molecule has 2 saturated heterocycles. The third-order valence-corrected chi connectivity index (χ3v) is 6.15. The number of carbonyl (C=O) groups excluding carboxylic acids is 1. The lowest BCUT2D eigenvalue weighted by Crippen LogP contribution is -2.47. The number of nitrogens with one attached hydrogen (secondary N) is 1. The highest BCUT2D eigenvalue weighted by Gasteiger charge is 2.28. The van der Waals surface area contributed by atoms with Gasteiger partial charge in [0.15, 0.2) is 5.96 Å². The Morgan fingerprint density at radius 1 is 1.16 bits per heavy atom. The van der Waals surface area contributed by atoms with Crippen LogP contribution in [0.25, 0.3) is 0 Å². The van der Waals surface area contributed by atoms with Gasteiger partial charge in [-0.25, -0.2) is 0 Å². The van der Waals surface area contributed by atoms with Crippen LogP contribution in [0.15, 0.2) is 29.3 Å². The summed E-state index contributed by atoms with van der Waals surface area (Å²) in [5.74, 6) is 1.70. The third-order valence-electron chi connectivity index (χ3n) is 6.15. The van der Waals surface area contributed by atoms with Gasteiger partial charge in [-0.15, -0.1) is 0 Å². The van der Waals surface area contributed by atoms with Crippen LogP contribution < -0.4 is 10.1 Å². The molecule has 1 aromatic rings. The molecule has 0 radical (unpaired) electrons. The molecule has 0 saturated carbocycles. The number of benzene rings is 1. The summed E-state index contributed by atoms with van der Waals surface area (Å²) in [5.41, 5.74) is 1.23. The molecular formula is C24H38N4O4. The van der Waals surface area contributed by atoms with Crippen LogP contribution in [0.4, 0.5) is 0 Å². The number of piperidine rings is 1. The molecule has 0 aliphatic carbocycles. The first-order valence-electron chi connectivity index (χ1n) is 11.8. The smallest absolute Gasteiger partial charge is 0.309 e. The Morgan fingerprint density at radius 3 is 2.44 bits per heavy atom. The second-order valence-electron chi connectivity index (χ2n) is 8.15. The predicted octanol–water partition coefficient (Wildman–Crippen LogP) is 2.31. The maximum Gasteiger partial charge on any atom is 0.309 e. The molecule has 0 bridgehead atoms. The second kappa shape index (κ2) is 12.6. The van der Waals surface area contributed by atoms with Gasteiger partial charge in [-0.3, -0.25) is 14.7 Å². The van der Waals surface area contributed by atoms with Gasteiger partial charge in [0.1, 0.15) is 5.75 Å². The van der Waals surface area contributed by atoms with E-state index in [1.165, 1.54) is 5.56 Å². The zero-order chi connectivity index (χ0) is 22.8. The molecule has 1 N–H and O–H groups in total. The summed E-state index contributed by atoms with van der Waals surface area (Å²) in [4.78, 5) is 21.8. The lowest BCUT2D eigenvalue weighted by molar-refractivity contribution is -0.149. The van der Waals surface area contributed by atoms with Crippen molar-refractivity contribution in [2.75, 3.05) is 66.2 Å². The van der Waals surface area contributed by atoms with E-state index in [0.717, 1.165) is 70.5 Å². The second-order valence-corrected chi connectivity index (χ2v) is 8.15. The van der Waals surface area contributed by atoms with E-state index in [1.54, 1.807) is 7.11 Å². The molecule has 2 aliphatic rings. The fourth-order valence-corrected chi connectivity index (χ4v) is 4.33. The molecule has 2 fully saturated rings. The number of hydrogen-bond acceptors (Lipinski definition) is 6. The number of morpholine rings is 1. The summed E-state index contributed by atoms with van der Waals surface area (Å²) in [6.45, 7) is 10.8. The molecule has 2 aliphatic heterocycles. The predicted molar refractivity (Wildman–Crippen MR) is 125 cm³/mol. The van der Waals surface area contributed by atoms with E-state index in [2.05, 4.69) is 34.2 Å². The molecule has 32 heavy (non-hydrogen) atoms. The fraction of sp³-hybridized carbons (Fsp3) is 0.667. The average Bonchev–Trinajstić information content (AvgIpc) is 2.85. The van der Waals surface area contributed by atoms with E-state index < -0.39 is 0 Å². The zero-order valence-corrected chi connectivity index (χ0v) is 19.7. The van der Waals surface area contributed by atoms with E-state index >= 15 is 0 Å². The number of hydrogen-bond donors (Lipinski definition) is 1. The highest BCUT2D eigenvalue weighted by molar-refractivity contribution is 5.80. The molecule has 3 rings (SSSR count). The van der Waals surface area contributed by atoms with E-state index in [-0.39, 0.29) is 17.9 Å². The first kappa shape index (κ1) is 24.3. The first-order chi connectivity index (χ1) is 15.7. The molecule has 0 aromatic heterocycles. The van der Waals surface area contributed by atoms with Gasteiger partial charge in [-0.1, -0.05) is 12.1 Å². The quantitative estimate of drug-likeness (QED) is 0.373. The van der Waals surface area contributed by atoms with Crippen molar-refractivity contribution in [3.8, 4) is 5.75 Å². The standard InChI is InChI=1S/C24H38N4O4/c1-4-25-24(28-12-10-20(11-13-28)23(29)32-5-2)26-18-22(27-14-16-31-17-15-27)19-6-8-21(30-3)9-7-19/h6-9,20,22H,4-5,10-18H2,1-3H3,(H,25,26). The summed E-state index contributed by atoms with van der Waals surface area (Å²) in [6.07, 6.45) is 1.60. The highest BCUT2D eigenvalue weighted by atomic mass is 16.5. The Kier molecular flexibility index (Phi) is 9.62. The molecule has 1 aromatic carbocycles. The van der Waals surface area contributed by atoms with Crippen molar-refractivity contribution in [2.45, 2.75) is 32.7 Å². The summed E-state index contributed by atoms with van der Waals surface area (Å²) in [7, 11) is 1.69. The topological polar surface area (TPSA) is 75.6 Å². The molecular weight excluding hydrogens is 408 g/mol. The van der Waals surface area contributed by atoms with Crippen LogP contribution in [-0.2, 0) is 14.3 Å². The van der Waals surface area contributed by atoms with Crippen molar-refractivity contribution < 1.29 is 19.0 Å². The molecule has 2 heterocycles. The number of ether oxygens (including phenoxy) is 3. The Hall–Kier alpha value is -2.32. The summed E-state index contributed by atoms with van der Waals surface area (Å²) < 4.78 is 16.1. The van der Waals surface area contributed by atoms with Crippen LogP contribution >= 0.6 is 0 Å². The molecule has 1 atom stereocenters. The van der Waals surface area contributed by atoms with E-state index in [4.69, 9.17) is 19.2 Å². The SMILES string of the molecule is CCNC(=NCC(c1ccc(OC)cc1)N1CCOCC1)N1CCC(C(=O)OCC)CC1. The monoisotopic (exact) mass is 446 g/mol. The minimum Gasteiger partial charge on any atom is -0.497 e. The van der Waals surface area contributed by atoms with Crippen LogP contribution in [0.2, 0.25) is 0 Å². The molecule has 0 spiro atoms. The zero-order valence-electron chi connectivity index (χ0n) is 19.7. The first-order valence-corrected chi connectivity index (χ1v) is 11.8. The summed E-state index contributed by atoms with van der Waals surface area (Å²) in [5, 5.41) is 3.45. The Labute approximate surface area is 191 Å². The number of carbonyl (C=O) groups is 1. The molecule has 0 amide bonds. The maximum absolute atomic E-state index is 12.1. The maximum atomic E-state index is 12.1. The van der Waals surface area contributed by atoms with Gasteiger partial charge in [-0.2, -0.15) is 0 Å². The third kappa shape index (κ3) is 6.59. The van der Waals surface area contributed by atoms with Gasteiger partial charge in [0, 0.05) is 32.7 Å². The van der Waals surface area contributed by atoms with Gasteiger partial charge >= 0.3 is 5.97 Å². The molecule has 1 unspecified atom stereocenters. The Bertz CT molecular complexity index is 726. The van der Waals surface area contributed by atoms with Gasteiger partial charge in [0.05, 0.1) is 45.4 Å². The van der Waals surface area contributed by atoms with Crippen molar-refractivity contribution in [1.82, 2.24) is 15.1 Å². The fourth-order valence-electron chi connectivity index (χ4n) is 4.33. The number of guanidine groups is 1. The van der Waals surface area contributed by atoms with Gasteiger partial charge in [0.25, 0.3) is 0 Å². The van der Waals surface area contributed by atoms with Crippen LogP contribution in [0.1, 0.15) is 38.3 Å². The number of likely N-dealkylation sites (tertiary alicyclic amines) is 1. The normalized spacial score (nSPS) is 19.5. The van der Waals surface area contributed by atoms with Gasteiger partial charge in [0.2, 0.25) is 0 Å². The van der Waals surface area contributed by atoms with E-state index in [9.17, 15) is 4.79 Å². The van der Waals surface area contributed by atoms with E-state index in [1.807, 2.05) is 19.1 Å². The molecule has 178 valence electrons. The van der Waals surface area contributed by atoms with E-state index in [0.29, 0.717) is 13.2 Å². The number of nitrogens with zero attached hydrogens (tertiary/aromatic N) is 3. The highest BCUT2D eigenvalue weighted by Crippen LogP contribution is 2.25. The summed E-state index contributed by atoms with van der Waals surface area (Å²) in [6, 6.07) is 8.46. The van der Waals surface area contributed by atoms with Crippen molar-refractivity contribution in [2.24, 2.45) is 10.9 Å². The number of rotatable bonds is 8. The van der Waals surface area contributed by atoms with Crippen molar-refractivity contribution in [3.63, 3.8) is 0 Å². The lowest BCUT2D eigenvalue weighted by atomic mass is 9.97. The Morgan fingerprint density at radius 2 is 1.84 bits per heavy atom. The largest absolute Gasteiger partial charge is 0.497 e. The number of aliphatic imine (C=N–C) groups is 1. The summed E-state index contributed by atoms with van der Waals surface area (Å²) >= 11 is 0. The minimum absolute atomic E-state index is 0.00512. The van der Waals surface area contributed by atoms with Crippen LogP contribution in [0.5, 0.6) is 5.75 Å². The lowest BCUT2D eigenvalue weighted by Gasteiger charge is -2.36. The Balaban J connectivity index is 1.71. The minimum atomic E-state index is -0.0685. The van der Waals surface area contributed by atoms with Crippen LogP contribution in [-0.4, -0.2) is 87.9 Å². The number of esters is 1. The van der Waals surface area contributed by atoms with Crippen molar-refractivity contribution in [3.05, 3.63) is 29.8 Å². The molecule has 8 heteroatoms. The molecule has 8 nitrogen and oxygen atoms in total. The van der Waals surface area contributed by atoms with Gasteiger partial charge in [-0.05, 0) is 44.4 Å². The van der Waals surface area contributed by atoms with Crippen LogP contribution in [0, 0.1) is 5.92 Å². The van der Waals surface area contributed by atoms with Crippen molar-refractivity contribution >= 4 is 11.9 Å². The number of methoxy groups -OCH3 is 1.